The first-order valence-corrected chi connectivity index (χ1v) is 13.8. The Morgan fingerprint density at radius 1 is 1.00 bits per heavy atom. The Balaban J connectivity index is 1.24. The minimum atomic E-state index is -0.762. The van der Waals surface area contributed by atoms with Crippen molar-refractivity contribution in [3.05, 3.63) is 48.2 Å². The summed E-state index contributed by atoms with van der Waals surface area (Å²) in [6.45, 7) is 5.72. The summed E-state index contributed by atoms with van der Waals surface area (Å²) in [6.07, 6.45) is 4.78. The number of anilines is 2. The van der Waals surface area contributed by atoms with E-state index in [0.29, 0.717) is 44.7 Å². The number of ether oxygens (including phenoxy) is 3. The van der Waals surface area contributed by atoms with E-state index in [1.165, 1.54) is 0 Å². The van der Waals surface area contributed by atoms with Gasteiger partial charge in [0.25, 0.3) is 0 Å². The number of para-hydroxylation sites is 2. The van der Waals surface area contributed by atoms with Crippen LogP contribution < -0.4 is 15.0 Å². The van der Waals surface area contributed by atoms with E-state index in [0.717, 1.165) is 56.1 Å². The molecule has 212 valence electrons. The molecular formula is C29H40N4O6. The van der Waals surface area contributed by atoms with Gasteiger partial charge < -0.3 is 29.5 Å². The molecule has 2 heterocycles. The molecule has 2 aliphatic rings. The van der Waals surface area contributed by atoms with Crippen molar-refractivity contribution in [3.63, 3.8) is 0 Å². The van der Waals surface area contributed by atoms with Gasteiger partial charge in [-0.2, -0.15) is 0 Å². The zero-order chi connectivity index (χ0) is 27.5. The summed E-state index contributed by atoms with van der Waals surface area (Å²) in [5.74, 6) is 0.115. The molecule has 0 radical (unpaired) electrons. The summed E-state index contributed by atoms with van der Waals surface area (Å²) in [6, 6.07) is 12.0. The van der Waals surface area contributed by atoms with E-state index in [1.54, 1.807) is 13.3 Å². The number of pyridine rings is 1. The number of amides is 1. The largest absolute Gasteiger partial charge is 0.481 e. The SMILES string of the molecule is COCCOCOc1ccccc1N1CCN(CCc2cccnc2NC(=O)C2CCC(C(=O)O)CC2)CC1. The lowest BCUT2D eigenvalue weighted by atomic mass is 9.81. The molecule has 2 aromatic rings. The van der Waals surface area contributed by atoms with Crippen LogP contribution in [-0.4, -0.2) is 86.7 Å². The van der Waals surface area contributed by atoms with Gasteiger partial charge in [-0.25, -0.2) is 4.98 Å². The van der Waals surface area contributed by atoms with Crippen molar-refractivity contribution in [3.8, 4) is 5.75 Å². The fourth-order valence-electron chi connectivity index (χ4n) is 5.21. The van der Waals surface area contributed by atoms with Gasteiger partial charge in [-0.3, -0.25) is 14.5 Å². The van der Waals surface area contributed by atoms with Gasteiger partial charge in [-0.05, 0) is 55.9 Å². The Hall–Kier alpha value is -3.21. The lowest BCUT2D eigenvalue weighted by Crippen LogP contribution is -2.47. The number of hydrogen-bond donors (Lipinski definition) is 2. The van der Waals surface area contributed by atoms with E-state index in [-0.39, 0.29) is 24.5 Å². The molecule has 1 saturated carbocycles. The number of rotatable bonds is 13. The first-order valence-electron chi connectivity index (χ1n) is 13.8. The second kappa shape index (κ2) is 14.8. The third kappa shape index (κ3) is 8.39. The Labute approximate surface area is 230 Å². The van der Waals surface area contributed by atoms with Gasteiger partial charge in [0.15, 0.2) is 6.79 Å². The standard InChI is InChI=1S/C29H40N4O6/c1-37-19-20-38-21-39-26-7-3-2-6-25(26)33-17-15-32(16-18-33)14-12-22-5-4-13-30-27(22)31-28(34)23-8-10-24(11-9-23)29(35)36/h2-7,13,23-24H,8-12,14-21H2,1H3,(H,35,36)(H,30,31,34). The molecule has 10 heteroatoms. The molecule has 0 atom stereocenters. The number of aliphatic carboxylic acids is 1. The molecule has 0 spiro atoms. The number of piperazine rings is 1. The van der Waals surface area contributed by atoms with Crippen molar-refractivity contribution in [1.82, 2.24) is 9.88 Å². The number of hydrogen-bond acceptors (Lipinski definition) is 8. The van der Waals surface area contributed by atoms with E-state index in [4.69, 9.17) is 14.2 Å². The van der Waals surface area contributed by atoms with Crippen molar-refractivity contribution >= 4 is 23.4 Å². The zero-order valence-corrected chi connectivity index (χ0v) is 22.7. The number of carboxylic acids is 1. The van der Waals surface area contributed by atoms with Gasteiger partial charge in [-0.15, -0.1) is 0 Å². The van der Waals surface area contributed by atoms with Crippen molar-refractivity contribution in [1.29, 1.82) is 0 Å². The maximum atomic E-state index is 12.9. The molecule has 1 saturated heterocycles. The summed E-state index contributed by atoms with van der Waals surface area (Å²) in [7, 11) is 1.64. The van der Waals surface area contributed by atoms with Crippen LogP contribution in [0, 0.1) is 11.8 Å². The van der Waals surface area contributed by atoms with Crippen LogP contribution in [0.15, 0.2) is 42.6 Å². The van der Waals surface area contributed by atoms with E-state index in [1.807, 2.05) is 30.3 Å². The predicted octanol–water partition coefficient (Wildman–Crippen LogP) is 3.28. The third-order valence-electron chi connectivity index (χ3n) is 7.59. The number of nitrogens with zero attached hydrogens (tertiary/aromatic N) is 3. The predicted molar refractivity (Wildman–Crippen MR) is 148 cm³/mol. The summed E-state index contributed by atoms with van der Waals surface area (Å²) in [4.78, 5) is 33.3. The number of methoxy groups -OCH3 is 1. The first kappa shape index (κ1) is 28.8. The number of carbonyl (C=O) groups is 2. The smallest absolute Gasteiger partial charge is 0.306 e. The number of aromatic nitrogens is 1. The van der Waals surface area contributed by atoms with E-state index >= 15 is 0 Å². The molecule has 1 amide bonds. The van der Waals surface area contributed by atoms with Crippen LogP contribution in [0.4, 0.5) is 11.5 Å². The molecule has 1 aliphatic heterocycles. The minimum Gasteiger partial charge on any atom is -0.481 e. The third-order valence-corrected chi connectivity index (χ3v) is 7.59. The molecule has 4 rings (SSSR count). The summed E-state index contributed by atoms with van der Waals surface area (Å²) in [5, 5.41) is 12.2. The highest BCUT2D eigenvalue weighted by atomic mass is 16.7. The monoisotopic (exact) mass is 540 g/mol. The molecule has 10 nitrogen and oxygen atoms in total. The Morgan fingerprint density at radius 2 is 1.74 bits per heavy atom. The highest BCUT2D eigenvalue weighted by Crippen LogP contribution is 2.31. The molecule has 0 unspecified atom stereocenters. The van der Waals surface area contributed by atoms with Crippen LogP contribution in [0.5, 0.6) is 5.75 Å². The van der Waals surface area contributed by atoms with Crippen LogP contribution in [-0.2, 0) is 25.5 Å². The number of benzene rings is 1. The molecular weight excluding hydrogens is 500 g/mol. The highest BCUT2D eigenvalue weighted by molar-refractivity contribution is 5.92. The van der Waals surface area contributed by atoms with Crippen molar-refractivity contribution in [2.75, 3.05) is 70.1 Å². The number of carbonyl (C=O) groups excluding carboxylic acids is 1. The summed E-state index contributed by atoms with van der Waals surface area (Å²) >= 11 is 0. The summed E-state index contributed by atoms with van der Waals surface area (Å²) < 4.78 is 16.3. The van der Waals surface area contributed by atoms with Crippen molar-refractivity contribution < 1.29 is 28.9 Å². The number of carboxylic acid groups (broad SMARTS) is 1. The molecule has 2 fully saturated rings. The van der Waals surface area contributed by atoms with Crippen molar-refractivity contribution in [2.45, 2.75) is 32.1 Å². The summed E-state index contributed by atoms with van der Waals surface area (Å²) in [5.41, 5.74) is 2.09. The average Bonchev–Trinajstić information content (AvgIpc) is 2.97. The van der Waals surface area contributed by atoms with Gasteiger partial charge in [0.05, 0.1) is 24.8 Å². The Kier molecular flexibility index (Phi) is 10.9. The average molecular weight is 541 g/mol. The maximum absolute atomic E-state index is 12.9. The van der Waals surface area contributed by atoms with Crippen LogP contribution in [0.25, 0.3) is 0 Å². The quantitative estimate of drug-likeness (QED) is 0.292. The zero-order valence-electron chi connectivity index (χ0n) is 22.7. The second-order valence-corrected chi connectivity index (χ2v) is 10.1. The fraction of sp³-hybridized carbons (Fsp3) is 0.552. The number of nitrogens with one attached hydrogen (secondary N) is 1. The van der Waals surface area contributed by atoms with Crippen LogP contribution >= 0.6 is 0 Å². The van der Waals surface area contributed by atoms with Crippen LogP contribution in [0.2, 0.25) is 0 Å². The molecule has 1 aromatic heterocycles. The topological polar surface area (TPSA) is 113 Å². The second-order valence-electron chi connectivity index (χ2n) is 10.1. The molecule has 39 heavy (non-hydrogen) atoms. The van der Waals surface area contributed by atoms with E-state index < -0.39 is 5.97 Å². The van der Waals surface area contributed by atoms with Gasteiger partial charge in [0.2, 0.25) is 5.91 Å². The van der Waals surface area contributed by atoms with E-state index in [2.05, 4.69) is 26.2 Å². The normalized spacial score (nSPS) is 20.0. The van der Waals surface area contributed by atoms with Crippen LogP contribution in [0.3, 0.4) is 0 Å². The molecule has 1 aromatic carbocycles. The van der Waals surface area contributed by atoms with Crippen molar-refractivity contribution in [2.24, 2.45) is 11.8 Å². The van der Waals surface area contributed by atoms with Gasteiger partial charge in [0.1, 0.15) is 11.6 Å². The molecule has 0 bridgehead atoms. The highest BCUT2D eigenvalue weighted by Gasteiger charge is 2.30. The van der Waals surface area contributed by atoms with Crippen LogP contribution in [0.1, 0.15) is 31.2 Å². The maximum Gasteiger partial charge on any atom is 0.306 e. The lowest BCUT2D eigenvalue weighted by molar-refractivity contribution is -0.143. The minimum absolute atomic E-state index is 0.0580. The molecule has 1 aliphatic carbocycles. The van der Waals surface area contributed by atoms with E-state index in [9.17, 15) is 14.7 Å². The van der Waals surface area contributed by atoms with Gasteiger partial charge >= 0.3 is 5.97 Å². The Morgan fingerprint density at radius 3 is 2.49 bits per heavy atom. The lowest BCUT2D eigenvalue weighted by Gasteiger charge is -2.36. The first-order chi connectivity index (χ1) is 19.0. The Bertz CT molecular complexity index is 1070. The fourth-order valence-corrected chi connectivity index (χ4v) is 5.21. The molecule has 2 N–H and O–H groups in total. The van der Waals surface area contributed by atoms with Gasteiger partial charge in [-0.1, -0.05) is 18.2 Å². The van der Waals surface area contributed by atoms with Gasteiger partial charge in [0, 0.05) is 51.9 Å².